The van der Waals surface area contributed by atoms with Crippen molar-refractivity contribution in [1.29, 1.82) is 0 Å². The monoisotopic (exact) mass is 388 g/mol. The quantitative estimate of drug-likeness (QED) is 0.573. The van der Waals surface area contributed by atoms with Gasteiger partial charge in [-0.2, -0.15) is 0 Å². The van der Waals surface area contributed by atoms with Gasteiger partial charge in [-0.25, -0.2) is 0 Å². The van der Waals surface area contributed by atoms with E-state index in [1.807, 2.05) is 0 Å². The summed E-state index contributed by atoms with van der Waals surface area (Å²) < 4.78 is 6.09. The van der Waals surface area contributed by atoms with Gasteiger partial charge >= 0.3 is 0 Å². The number of likely N-dealkylation sites (tertiary alicyclic amines) is 1. The second kappa shape index (κ2) is 8.14. The maximum Gasteiger partial charge on any atom is 0.191 e. The summed E-state index contributed by atoms with van der Waals surface area (Å²) in [5.41, 5.74) is 0.418. The van der Waals surface area contributed by atoms with Crippen molar-refractivity contribution in [1.82, 2.24) is 15.5 Å². The third kappa shape index (κ3) is 3.36. The minimum atomic E-state index is 0.418. The fourth-order valence-corrected chi connectivity index (χ4v) is 6.94. The van der Waals surface area contributed by atoms with E-state index in [2.05, 4.69) is 22.5 Å². The Morgan fingerprint density at radius 1 is 1.00 bits per heavy atom. The molecule has 0 aromatic carbocycles. The zero-order valence-corrected chi connectivity index (χ0v) is 17.8. The van der Waals surface area contributed by atoms with Crippen LogP contribution in [-0.2, 0) is 4.74 Å². The first kappa shape index (κ1) is 19.2. The van der Waals surface area contributed by atoms with Gasteiger partial charge in [0, 0.05) is 55.7 Å². The van der Waals surface area contributed by atoms with E-state index in [1.165, 1.54) is 83.7 Å². The first-order valence-corrected chi connectivity index (χ1v) is 12.2. The van der Waals surface area contributed by atoms with Crippen LogP contribution in [0, 0.1) is 11.3 Å². The molecule has 0 aromatic rings. The van der Waals surface area contributed by atoms with Crippen molar-refractivity contribution in [3.8, 4) is 0 Å². The lowest BCUT2D eigenvalue weighted by Crippen LogP contribution is -2.72. The highest BCUT2D eigenvalue weighted by molar-refractivity contribution is 5.80. The molecule has 3 atom stereocenters. The van der Waals surface area contributed by atoms with Crippen LogP contribution in [0.1, 0.15) is 77.6 Å². The third-order valence-corrected chi connectivity index (χ3v) is 8.61. The van der Waals surface area contributed by atoms with Crippen LogP contribution in [0.4, 0.5) is 0 Å². The van der Waals surface area contributed by atoms with E-state index in [9.17, 15) is 0 Å². The summed E-state index contributed by atoms with van der Waals surface area (Å²) in [5, 5.41) is 7.70. The van der Waals surface area contributed by atoms with Gasteiger partial charge in [0.05, 0.1) is 6.10 Å². The van der Waals surface area contributed by atoms with Crippen LogP contribution in [-0.4, -0.2) is 61.3 Å². The van der Waals surface area contributed by atoms with Crippen LogP contribution in [0.25, 0.3) is 0 Å². The van der Waals surface area contributed by atoms with Gasteiger partial charge in [-0.3, -0.25) is 4.99 Å². The van der Waals surface area contributed by atoms with E-state index >= 15 is 0 Å². The second-order valence-corrected chi connectivity index (χ2v) is 10.0. The smallest absolute Gasteiger partial charge is 0.191 e. The summed E-state index contributed by atoms with van der Waals surface area (Å²) >= 11 is 0. The van der Waals surface area contributed by atoms with Crippen LogP contribution in [0.3, 0.4) is 0 Å². The first-order chi connectivity index (χ1) is 13.8. The topological polar surface area (TPSA) is 48.9 Å². The second-order valence-electron chi connectivity index (χ2n) is 10.0. The number of hydrogen-bond donors (Lipinski definition) is 2. The van der Waals surface area contributed by atoms with Gasteiger partial charge in [-0.15, -0.1) is 0 Å². The van der Waals surface area contributed by atoms with Crippen molar-refractivity contribution < 1.29 is 4.74 Å². The average molecular weight is 389 g/mol. The molecule has 0 bridgehead atoms. The highest BCUT2D eigenvalue weighted by atomic mass is 16.5. The normalized spacial score (nSPS) is 36.6. The molecule has 5 nitrogen and oxygen atoms in total. The molecule has 158 valence electrons. The fraction of sp³-hybridized carbons (Fsp3) is 0.957. The molecule has 2 aliphatic heterocycles. The van der Waals surface area contributed by atoms with E-state index in [0.717, 1.165) is 25.2 Å². The molecular weight excluding hydrogens is 348 g/mol. The summed E-state index contributed by atoms with van der Waals surface area (Å²) in [6.45, 7) is 6.47. The number of aliphatic imine (C=N–C) groups is 1. The van der Waals surface area contributed by atoms with Gasteiger partial charge in [0.25, 0.3) is 0 Å². The van der Waals surface area contributed by atoms with Gasteiger partial charge in [0.2, 0.25) is 0 Å². The molecule has 5 heteroatoms. The van der Waals surface area contributed by atoms with Crippen LogP contribution in [0.5, 0.6) is 0 Å². The Morgan fingerprint density at radius 2 is 1.79 bits per heavy atom. The molecule has 2 N–H and O–H groups in total. The predicted molar refractivity (Wildman–Crippen MR) is 114 cm³/mol. The lowest BCUT2D eigenvalue weighted by atomic mass is 9.46. The largest absolute Gasteiger partial charge is 0.377 e. The number of piperidine rings is 1. The number of ether oxygens (including phenoxy) is 1. The minimum Gasteiger partial charge on any atom is -0.377 e. The molecule has 5 rings (SSSR count). The minimum absolute atomic E-state index is 0.418. The Hall–Kier alpha value is -0.810. The Balaban J connectivity index is 1.15. The fourth-order valence-electron chi connectivity index (χ4n) is 6.94. The highest BCUT2D eigenvalue weighted by Gasteiger charge is 2.66. The van der Waals surface area contributed by atoms with Crippen molar-refractivity contribution in [3.63, 3.8) is 0 Å². The number of fused-ring (bicyclic) bond motifs is 2. The highest BCUT2D eigenvalue weighted by Crippen LogP contribution is 2.62. The molecule has 5 fully saturated rings. The number of guanidine groups is 1. The van der Waals surface area contributed by atoms with Gasteiger partial charge in [-0.05, 0) is 51.9 Å². The Kier molecular flexibility index (Phi) is 5.57. The SMILES string of the molecule is CCN=C(NC1CCN(C2CCCCC2)CC1)NC1C2CCOC2C12CCC2. The molecule has 2 saturated heterocycles. The number of nitrogens with zero attached hydrogens (tertiary/aromatic N) is 2. The zero-order chi connectivity index (χ0) is 19.0. The van der Waals surface area contributed by atoms with Gasteiger partial charge < -0.3 is 20.3 Å². The lowest BCUT2D eigenvalue weighted by molar-refractivity contribution is -0.171. The van der Waals surface area contributed by atoms with E-state index in [0.29, 0.717) is 29.5 Å². The summed E-state index contributed by atoms with van der Waals surface area (Å²) in [6.07, 6.45) is 15.5. The number of nitrogens with one attached hydrogen (secondary N) is 2. The molecule has 0 aromatic heterocycles. The standard InChI is InChI=1S/C23H40N4O/c1-2-24-22(26-20-19-11-16-28-21(19)23(20)12-6-13-23)25-17-9-14-27(15-10-17)18-7-4-3-5-8-18/h17-21H,2-16H2,1H3,(H2,24,25,26). The van der Waals surface area contributed by atoms with Crippen molar-refractivity contribution in [3.05, 3.63) is 0 Å². The summed E-state index contributed by atoms with van der Waals surface area (Å²) in [7, 11) is 0. The molecule has 3 unspecified atom stereocenters. The van der Waals surface area contributed by atoms with Crippen molar-refractivity contribution in [2.24, 2.45) is 16.3 Å². The average Bonchev–Trinajstić information content (AvgIpc) is 3.11. The summed E-state index contributed by atoms with van der Waals surface area (Å²) in [5.74, 6) is 1.78. The Bertz CT molecular complexity index is 561. The molecule has 28 heavy (non-hydrogen) atoms. The van der Waals surface area contributed by atoms with Crippen LogP contribution in [0.2, 0.25) is 0 Å². The van der Waals surface area contributed by atoms with E-state index in [-0.39, 0.29) is 0 Å². The number of hydrogen-bond acceptors (Lipinski definition) is 3. The van der Waals surface area contributed by atoms with Gasteiger partial charge in [-0.1, -0.05) is 25.7 Å². The first-order valence-electron chi connectivity index (χ1n) is 12.2. The van der Waals surface area contributed by atoms with E-state index in [4.69, 9.17) is 9.73 Å². The molecular formula is C23H40N4O. The molecule has 3 saturated carbocycles. The van der Waals surface area contributed by atoms with Gasteiger partial charge in [0.15, 0.2) is 5.96 Å². The van der Waals surface area contributed by atoms with Crippen LogP contribution < -0.4 is 10.6 Å². The zero-order valence-electron chi connectivity index (χ0n) is 17.8. The molecule has 3 aliphatic carbocycles. The molecule has 1 spiro atoms. The van der Waals surface area contributed by atoms with E-state index in [1.54, 1.807) is 0 Å². The van der Waals surface area contributed by atoms with Gasteiger partial charge in [0.1, 0.15) is 0 Å². The van der Waals surface area contributed by atoms with Crippen LogP contribution >= 0.6 is 0 Å². The molecule has 2 heterocycles. The molecule has 0 amide bonds. The van der Waals surface area contributed by atoms with Crippen LogP contribution in [0.15, 0.2) is 4.99 Å². The lowest BCUT2D eigenvalue weighted by Gasteiger charge is -2.63. The van der Waals surface area contributed by atoms with Crippen molar-refractivity contribution in [2.45, 2.75) is 102 Å². The maximum atomic E-state index is 6.09. The number of rotatable bonds is 4. The molecule has 5 aliphatic rings. The summed E-state index contributed by atoms with van der Waals surface area (Å²) in [4.78, 5) is 7.60. The van der Waals surface area contributed by atoms with Crippen molar-refractivity contribution in [2.75, 3.05) is 26.2 Å². The Labute approximate surface area is 171 Å². The third-order valence-electron chi connectivity index (χ3n) is 8.61. The Morgan fingerprint density at radius 3 is 2.46 bits per heavy atom. The van der Waals surface area contributed by atoms with Crippen molar-refractivity contribution >= 4 is 5.96 Å². The molecule has 0 radical (unpaired) electrons. The predicted octanol–water partition coefficient (Wildman–Crippen LogP) is 3.30. The van der Waals surface area contributed by atoms with E-state index < -0.39 is 0 Å². The maximum absolute atomic E-state index is 6.09. The summed E-state index contributed by atoms with van der Waals surface area (Å²) in [6, 6.07) is 2.02.